The van der Waals surface area contributed by atoms with Crippen molar-refractivity contribution in [1.82, 2.24) is 10.2 Å². The Morgan fingerprint density at radius 2 is 2.19 bits per heavy atom. The van der Waals surface area contributed by atoms with Gasteiger partial charge < -0.3 is 10.1 Å². The molecule has 1 fully saturated rings. The Morgan fingerprint density at radius 3 is 2.86 bits per heavy atom. The molecule has 1 saturated heterocycles. The highest BCUT2D eigenvalue weighted by molar-refractivity contribution is 6.35. The summed E-state index contributed by atoms with van der Waals surface area (Å²) in [6, 6.07) is 5.98. The van der Waals surface area contributed by atoms with Gasteiger partial charge in [0.2, 0.25) is 0 Å². The molecule has 0 spiro atoms. The molecule has 1 aromatic carbocycles. The standard InChI is InChI=1S/C16H24Cl2N2O/c1-3-19-15(16-11-20(4-2)7-8-21-16)9-12-5-6-13(17)10-14(12)18/h5-6,10,15-16,19H,3-4,7-9,11H2,1-2H3. The van der Waals surface area contributed by atoms with Crippen molar-refractivity contribution in [3.63, 3.8) is 0 Å². The zero-order chi connectivity index (χ0) is 15.2. The summed E-state index contributed by atoms with van der Waals surface area (Å²) in [5.74, 6) is 0. The topological polar surface area (TPSA) is 24.5 Å². The number of hydrogen-bond donors (Lipinski definition) is 1. The van der Waals surface area contributed by atoms with Gasteiger partial charge in [0.25, 0.3) is 0 Å². The van der Waals surface area contributed by atoms with Crippen LogP contribution in [0, 0.1) is 0 Å². The molecule has 1 aromatic rings. The third kappa shape index (κ3) is 4.83. The predicted octanol–water partition coefficient (Wildman–Crippen LogP) is 3.23. The van der Waals surface area contributed by atoms with Crippen LogP contribution in [0.2, 0.25) is 10.0 Å². The van der Waals surface area contributed by atoms with Crippen molar-refractivity contribution in [1.29, 1.82) is 0 Å². The van der Waals surface area contributed by atoms with E-state index in [1.165, 1.54) is 0 Å². The maximum atomic E-state index is 6.31. The summed E-state index contributed by atoms with van der Waals surface area (Å²) in [5, 5.41) is 4.95. The van der Waals surface area contributed by atoms with Crippen LogP contribution in [-0.4, -0.2) is 49.8 Å². The molecule has 3 nitrogen and oxygen atoms in total. The van der Waals surface area contributed by atoms with Gasteiger partial charge in [0, 0.05) is 29.2 Å². The highest BCUT2D eigenvalue weighted by Crippen LogP contribution is 2.23. The Kier molecular flexibility index (Phi) is 6.77. The summed E-state index contributed by atoms with van der Waals surface area (Å²) >= 11 is 12.3. The van der Waals surface area contributed by atoms with E-state index >= 15 is 0 Å². The zero-order valence-electron chi connectivity index (χ0n) is 12.7. The number of morpholine rings is 1. The second-order valence-electron chi connectivity index (χ2n) is 5.41. The van der Waals surface area contributed by atoms with Gasteiger partial charge in [-0.2, -0.15) is 0 Å². The van der Waals surface area contributed by atoms with Crippen LogP contribution in [0.4, 0.5) is 0 Å². The SMILES string of the molecule is CCNC(Cc1ccc(Cl)cc1Cl)C1CN(CC)CCO1. The molecule has 1 aliphatic heterocycles. The third-order valence-electron chi connectivity index (χ3n) is 3.99. The Balaban J connectivity index is 2.07. The van der Waals surface area contributed by atoms with Gasteiger partial charge in [0.1, 0.15) is 0 Å². The van der Waals surface area contributed by atoms with Gasteiger partial charge in [-0.05, 0) is 37.2 Å². The van der Waals surface area contributed by atoms with E-state index < -0.39 is 0 Å². The molecule has 21 heavy (non-hydrogen) atoms. The second kappa shape index (κ2) is 8.35. The van der Waals surface area contributed by atoms with Gasteiger partial charge in [-0.3, -0.25) is 4.90 Å². The first kappa shape index (κ1) is 17.0. The van der Waals surface area contributed by atoms with Crippen LogP contribution in [0.3, 0.4) is 0 Å². The van der Waals surface area contributed by atoms with Crippen LogP contribution in [-0.2, 0) is 11.2 Å². The molecule has 5 heteroatoms. The molecular formula is C16H24Cl2N2O. The van der Waals surface area contributed by atoms with Crippen molar-refractivity contribution in [3.05, 3.63) is 33.8 Å². The fourth-order valence-corrected chi connectivity index (χ4v) is 3.27. The van der Waals surface area contributed by atoms with Crippen molar-refractivity contribution >= 4 is 23.2 Å². The smallest absolute Gasteiger partial charge is 0.0858 e. The molecule has 0 radical (unpaired) electrons. The zero-order valence-corrected chi connectivity index (χ0v) is 14.3. The molecular weight excluding hydrogens is 307 g/mol. The molecule has 2 rings (SSSR count). The molecule has 0 aliphatic carbocycles. The van der Waals surface area contributed by atoms with Crippen molar-refractivity contribution in [2.75, 3.05) is 32.8 Å². The number of benzene rings is 1. The first-order valence-corrected chi connectivity index (χ1v) is 8.40. The van der Waals surface area contributed by atoms with Crippen LogP contribution in [0.1, 0.15) is 19.4 Å². The van der Waals surface area contributed by atoms with E-state index in [9.17, 15) is 0 Å². The number of halogens is 2. The lowest BCUT2D eigenvalue weighted by atomic mass is 9.99. The lowest BCUT2D eigenvalue weighted by Gasteiger charge is -2.37. The van der Waals surface area contributed by atoms with Gasteiger partial charge in [-0.1, -0.05) is 43.1 Å². The van der Waals surface area contributed by atoms with E-state index in [1.807, 2.05) is 18.2 Å². The normalized spacial score (nSPS) is 21.4. The lowest BCUT2D eigenvalue weighted by Crippen LogP contribution is -2.53. The largest absolute Gasteiger partial charge is 0.374 e. The molecule has 1 heterocycles. The minimum absolute atomic E-state index is 0.199. The molecule has 0 saturated carbocycles. The number of nitrogens with one attached hydrogen (secondary N) is 1. The Morgan fingerprint density at radius 1 is 1.38 bits per heavy atom. The summed E-state index contributed by atoms with van der Waals surface area (Å²) in [7, 11) is 0. The Hall–Kier alpha value is -0.320. The molecule has 118 valence electrons. The molecule has 0 amide bonds. The quantitative estimate of drug-likeness (QED) is 0.866. The molecule has 2 unspecified atom stereocenters. The van der Waals surface area contributed by atoms with Crippen LogP contribution in [0.5, 0.6) is 0 Å². The van der Waals surface area contributed by atoms with E-state index in [-0.39, 0.29) is 12.1 Å². The average Bonchev–Trinajstić information content (AvgIpc) is 2.49. The first-order chi connectivity index (χ1) is 10.1. The van der Waals surface area contributed by atoms with Gasteiger partial charge in [-0.25, -0.2) is 0 Å². The second-order valence-corrected chi connectivity index (χ2v) is 6.25. The van der Waals surface area contributed by atoms with Crippen LogP contribution >= 0.6 is 23.2 Å². The van der Waals surface area contributed by atoms with Crippen molar-refractivity contribution in [2.45, 2.75) is 32.4 Å². The van der Waals surface area contributed by atoms with E-state index in [2.05, 4.69) is 24.1 Å². The summed E-state index contributed by atoms with van der Waals surface area (Å²) in [6.45, 7) is 9.10. The van der Waals surface area contributed by atoms with Crippen LogP contribution in [0.15, 0.2) is 18.2 Å². The molecule has 1 aliphatic rings. The van der Waals surface area contributed by atoms with Gasteiger partial charge in [-0.15, -0.1) is 0 Å². The molecule has 2 atom stereocenters. The highest BCUT2D eigenvalue weighted by atomic mass is 35.5. The third-order valence-corrected chi connectivity index (χ3v) is 4.58. The Bertz CT molecular complexity index is 456. The molecule has 0 aromatic heterocycles. The lowest BCUT2D eigenvalue weighted by molar-refractivity contribution is -0.0445. The van der Waals surface area contributed by atoms with Gasteiger partial charge >= 0.3 is 0 Å². The van der Waals surface area contributed by atoms with Crippen molar-refractivity contribution in [3.8, 4) is 0 Å². The Labute approximate surface area is 137 Å². The number of rotatable bonds is 6. The van der Waals surface area contributed by atoms with E-state index in [0.29, 0.717) is 5.02 Å². The minimum Gasteiger partial charge on any atom is -0.374 e. The van der Waals surface area contributed by atoms with Gasteiger partial charge in [0.05, 0.1) is 12.7 Å². The number of ether oxygens (including phenoxy) is 1. The number of hydrogen-bond acceptors (Lipinski definition) is 3. The fourth-order valence-electron chi connectivity index (χ4n) is 2.78. The molecule has 1 N–H and O–H groups in total. The number of likely N-dealkylation sites (N-methyl/N-ethyl adjacent to an activating group) is 2. The monoisotopic (exact) mass is 330 g/mol. The first-order valence-electron chi connectivity index (χ1n) is 7.65. The maximum absolute atomic E-state index is 6.31. The van der Waals surface area contributed by atoms with E-state index in [0.717, 1.165) is 49.8 Å². The number of nitrogens with zero attached hydrogens (tertiary/aromatic N) is 1. The molecule has 0 bridgehead atoms. The minimum atomic E-state index is 0.199. The van der Waals surface area contributed by atoms with Crippen LogP contribution in [0.25, 0.3) is 0 Å². The summed E-state index contributed by atoms with van der Waals surface area (Å²) in [6.07, 6.45) is 1.05. The predicted molar refractivity (Wildman–Crippen MR) is 89.5 cm³/mol. The summed E-state index contributed by atoms with van der Waals surface area (Å²) in [4.78, 5) is 2.43. The maximum Gasteiger partial charge on any atom is 0.0858 e. The van der Waals surface area contributed by atoms with Crippen LogP contribution < -0.4 is 5.32 Å². The van der Waals surface area contributed by atoms with Crippen molar-refractivity contribution in [2.24, 2.45) is 0 Å². The fraction of sp³-hybridized carbons (Fsp3) is 0.625. The van der Waals surface area contributed by atoms with Crippen molar-refractivity contribution < 1.29 is 4.74 Å². The average molecular weight is 331 g/mol. The summed E-state index contributed by atoms with van der Waals surface area (Å²) < 4.78 is 5.99. The summed E-state index contributed by atoms with van der Waals surface area (Å²) in [5.41, 5.74) is 1.12. The van der Waals surface area contributed by atoms with E-state index in [4.69, 9.17) is 27.9 Å². The van der Waals surface area contributed by atoms with Gasteiger partial charge in [0.15, 0.2) is 0 Å². The van der Waals surface area contributed by atoms with E-state index in [1.54, 1.807) is 0 Å². The highest BCUT2D eigenvalue weighted by Gasteiger charge is 2.27.